The largest absolute Gasteiger partial charge is 0.339 e. The lowest BCUT2D eigenvalue weighted by Gasteiger charge is -2.30. The number of benzene rings is 1. The Bertz CT molecular complexity index is 421. The van der Waals surface area contributed by atoms with Crippen LogP contribution in [-0.2, 0) is 4.79 Å². The highest BCUT2D eigenvalue weighted by Gasteiger charge is 2.32. The van der Waals surface area contributed by atoms with Gasteiger partial charge in [-0.1, -0.05) is 37.3 Å². The fourth-order valence-electron chi connectivity index (χ4n) is 2.56. The van der Waals surface area contributed by atoms with Crippen molar-refractivity contribution in [2.75, 3.05) is 26.7 Å². The van der Waals surface area contributed by atoms with E-state index in [2.05, 4.69) is 11.8 Å². The van der Waals surface area contributed by atoms with Gasteiger partial charge in [-0.05, 0) is 25.6 Å². The zero-order chi connectivity index (χ0) is 13.8. The molecule has 104 valence electrons. The lowest BCUT2D eigenvalue weighted by atomic mass is 10.0. The minimum absolute atomic E-state index is 0.132. The molecule has 0 spiro atoms. The summed E-state index contributed by atoms with van der Waals surface area (Å²) in [6, 6.07) is 9.91. The maximum absolute atomic E-state index is 12.7. The van der Waals surface area contributed by atoms with Gasteiger partial charge < -0.3 is 10.6 Å². The molecule has 0 saturated carbocycles. The van der Waals surface area contributed by atoms with E-state index in [0.717, 1.165) is 25.1 Å². The van der Waals surface area contributed by atoms with Gasteiger partial charge in [-0.2, -0.15) is 0 Å². The van der Waals surface area contributed by atoms with Crippen LogP contribution >= 0.6 is 0 Å². The summed E-state index contributed by atoms with van der Waals surface area (Å²) in [6.45, 7) is 4.37. The Labute approximate surface area is 115 Å². The van der Waals surface area contributed by atoms with Crippen LogP contribution in [0.2, 0.25) is 0 Å². The molecule has 2 N–H and O–H groups in total. The average molecular weight is 261 g/mol. The summed E-state index contributed by atoms with van der Waals surface area (Å²) in [5, 5.41) is 0. The molecule has 1 saturated heterocycles. The third-order valence-electron chi connectivity index (χ3n) is 3.83. The van der Waals surface area contributed by atoms with Gasteiger partial charge in [0.1, 0.15) is 6.04 Å². The van der Waals surface area contributed by atoms with E-state index in [9.17, 15) is 4.79 Å². The topological polar surface area (TPSA) is 49.6 Å². The predicted octanol–water partition coefficient (Wildman–Crippen LogP) is 1.24. The first kappa shape index (κ1) is 14.0. The first-order valence-corrected chi connectivity index (χ1v) is 6.93. The van der Waals surface area contributed by atoms with Gasteiger partial charge in [0, 0.05) is 19.1 Å². The maximum Gasteiger partial charge on any atom is 0.244 e. The van der Waals surface area contributed by atoms with Gasteiger partial charge in [0.2, 0.25) is 5.91 Å². The first-order valence-electron chi connectivity index (χ1n) is 6.93. The molecule has 0 bridgehead atoms. The molecule has 2 atom stereocenters. The van der Waals surface area contributed by atoms with Gasteiger partial charge in [-0.3, -0.25) is 9.69 Å². The SMILES string of the molecule is CCN(C)C(C(=O)N1CC[C@H](N)C1)c1ccccc1. The van der Waals surface area contributed by atoms with E-state index < -0.39 is 0 Å². The van der Waals surface area contributed by atoms with E-state index in [1.165, 1.54) is 0 Å². The second-order valence-electron chi connectivity index (χ2n) is 5.22. The molecule has 0 aromatic heterocycles. The van der Waals surface area contributed by atoms with E-state index in [1.807, 2.05) is 42.3 Å². The number of likely N-dealkylation sites (N-methyl/N-ethyl adjacent to an activating group) is 1. The van der Waals surface area contributed by atoms with Gasteiger partial charge in [-0.25, -0.2) is 0 Å². The molecule has 1 heterocycles. The van der Waals surface area contributed by atoms with Gasteiger partial charge in [0.05, 0.1) is 0 Å². The molecule has 1 aliphatic rings. The number of hydrogen-bond donors (Lipinski definition) is 1. The third kappa shape index (κ3) is 3.14. The van der Waals surface area contributed by atoms with Crippen LogP contribution in [0.3, 0.4) is 0 Å². The highest BCUT2D eigenvalue weighted by Crippen LogP contribution is 2.23. The molecule has 1 aromatic rings. The van der Waals surface area contributed by atoms with E-state index in [-0.39, 0.29) is 18.0 Å². The van der Waals surface area contributed by atoms with E-state index >= 15 is 0 Å². The van der Waals surface area contributed by atoms with Gasteiger partial charge in [0.15, 0.2) is 0 Å². The summed E-state index contributed by atoms with van der Waals surface area (Å²) in [6.07, 6.45) is 0.906. The average Bonchev–Trinajstić information content (AvgIpc) is 2.86. The fourth-order valence-corrected chi connectivity index (χ4v) is 2.56. The number of hydrogen-bond acceptors (Lipinski definition) is 3. The minimum Gasteiger partial charge on any atom is -0.339 e. The van der Waals surface area contributed by atoms with E-state index in [0.29, 0.717) is 6.54 Å². The summed E-state index contributed by atoms with van der Waals surface area (Å²) in [7, 11) is 1.99. The summed E-state index contributed by atoms with van der Waals surface area (Å²) in [4.78, 5) is 16.7. The molecule has 2 rings (SSSR count). The van der Waals surface area contributed by atoms with Crippen molar-refractivity contribution in [1.29, 1.82) is 0 Å². The van der Waals surface area contributed by atoms with Crippen molar-refractivity contribution in [2.45, 2.75) is 25.4 Å². The van der Waals surface area contributed by atoms with Crippen LogP contribution in [0.15, 0.2) is 30.3 Å². The van der Waals surface area contributed by atoms with Crippen molar-refractivity contribution < 1.29 is 4.79 Å². The van der Waals surface area contributed by atoms with Crippen LogP contribution in [0.5, 0.6) is 0 Å². The van der Waals surface area contributed by atoms with Crippen LogP contribution in [0, 0.1) is 0 Å². The molecular weight excluding hydrogens is 238 g/mol. The number of amides is 1. The Morgan fingerprint density at radius 1 is 1.47 bits per heavy atom. The van der Waals surface area contributed by atoms with Gasteiger partial charge in [-0.15, -0.1) is 0 Å². The fraction of sp³-hybridized carbons (Fsp3) is 0.533. The van der Waals surface area contributed by atoms with E-state index in [4.69, 9.17) is 5.73 Å². The predicted molar refractivity (Wildman–Crippen MR) is 76.7 cm³/mol. The van der Waals surface area contributed by atoms with Crippen molar-refractivity contribution >= 4 is 5.91 Å². The molecule has 0 radical (unpaired) electrons. The first-order chi connectivity index (χ1) is 9.13. The maximum atomic E-state index is 12.7. The lowest BCUT2D eigenvalue weighted by molar-refractivity contribution is -0.135. The number of rotatable bonds is 4. The second-order valence-corrected chi connectivity index (χ2v) is 5.22. The van der Waals surface area contributed by atoms with Crippen LogP contribution in [0.4, 0.5) is 0 Å². The zero-order valence-electron chi connectivity index (χ0n) is 11.7. The Morgan fingerprint density at radius 3 is 2.68 bits per heavy atom. The molecule has 1 fully saturated rings. The molecule has 19 heavy (non-hydrogen) atoms. The molecule has 1 unspecified atom stereocenters. The second kappa shape index (κ2) is 6.17. The smallest absolute Gasteiger partial charge is 0.244 e. The Hall–Kier alpha value is -1.39. The van der Waals surface area contributed by atoms with Crippen LogP contribution < -0.4 is 5.73 Å². The normalized spacial score (nSPS) is 20.8. The van der Waals surface area contributed by atoms with E-state index in [1.54, 1.807) is 0 Å². The highest BCUT2D eigenvalue weighted by atomic mass is 16.2. The number of nitrogens with two attached hydrogens (primary N) is 1. The number of likely N-dealkylation sites (tertiary alicyclic amines) is 1. The molecule has 1 aromatic carbocycles. The van der Waals surface area contributed by atoms with Crippen molar-refractivity contribution in [3.63, 3.8) is 0 Å². The van der Waals surface area contributed by atoms with Crippen LogP contribution in [0.25, 0.3) is 0 Å². The van der Waals surface area contributed by atoms with Crippen LogP contribution in [-0.4, -0.2) is 48.4 Å². The minimum atomic E-state index is -0.198. The Balaban J connectivity index is 2.21. The lowest BCUT2D eigenvalue weighted by Crippen LogP contribution is -2.41. The number of carbonyl (C=O) groups is 1. The van der Waals surface area contributed by atoms with Gasteiger partial charge in [0.25, 0.3) is 0 Å². The number of nitrogens with zero attached hydrogens (tertiary/aromatic N) is 2. The van der Waals surface area contributed by atoms with Crippen molar-refractivity contribution in [2.24, 2.45) is 5.73 Å². The summed E-state index contributed by atoms with van der Waals surface area (Å²) >= 11 is 0. The molecule has 1 amide bonds. The summed E-state index contributed by atoms with van der Waals surface area (Å²) < 4.78 is 0. The van der Waals surface area contributed by atoms with Crippen molar-refractivity contribution in [1.82, 2.24) is 9.80 Å². The number of carbonyl (C=O) groups excluding carboxylic acids is 1. The quantitative estimate of drug-likeness (QED) is 0.887. The summed E-state index contributed by atoms with van der Waals surface area (Å²) in [5.41, 5.74) is 6.96. The zero-order valence-corrected chi connectivity index (χ0v) is 11.7. The third-order valence-corrected chi connectivity index (χ3v) is 3.83. The molecule has 4 heteroatoms. The molecule has 4 nitrogen and oxygen atoms in total. The Morgan fingerprint density at radius 2 is 2.16 bits per heavy atom. The Kier molecular flexibility index (Phi) is 4.56. The highest BCUT2D eigenvalue weighted by molar-refractivity contribution is 5.83. The summed E-state index contributed by atoms with van der Waals surface area (Å²) in [5.74, 6) is 0.170. The standard InChI is InChI=1S/C15H23N3O/c1-3-17(2)14(12-7-5-4-6-8-12)15(19)18-10-9-13(16)11-18/h4-8,13-14H,3,9-11,16H2,1-2H3/t13-,14?/m0/s1. The van der Waals surface area contributed by atoms with Crippen molar-refractivity contribution in [3.05, 3.63) is 35.9 Å². The molecule has 1 aliphatic heterocycles. The van der Waals surface area contributed by atoms with Gasteiger partial charge >= 0.3 is 0 Å². The molecular formula is C15H23N3O. The van der Waals surface area contributed by atoms with Crippen LogP contribution in [0.1, 0.15) is 24.9 Å². The van der Waals surface area contributed by atoms with Crippen molar-refractivity contribution in [3.8, 4) is 0 Å². The molecule has 0 aliphatic carbocycles. The monoisotopic (exact) mass is 261 g/mol.